The van der Waals surface area contributed by atoms with Crippen molar-refractivity contribution in [2.75, 3.05) is 20.7 Å². The van der Waals surface area contributed by atoms with E-state index in [1.807, 2.05) is 72.8 Å². The number of ketones is 1. The number of fused-ring (bicyclic) bond motifs is 2. The molecule has 0 saturated heterocycles. The molecule has 1 unspecified atom stereocenters. The van der Waals surface area contributed by atoms with Gasteiger partial charge in [0.25, 0.3) is 0 Å². The Morgan fingerprint density at radius 2 is 1.63 bits per heavy atom. The van der Waals surface area contributed by atoms with Crippen LogP contribution in [0.15, 0.2) is 90.2 Å². The van der Waals surface area contributed by atoms with E-state index in [0.717, 1.165) is 40.7 Å². The summed E-state index contributed by atoms with van der Waals surface area (Å²) in [4.78, 5) is 14.1. The fourth-order valence-electron chi connectivity index (χ4n) is 5.17. The molecule has 0 bridgehead atoms. The van der Waals surface area contributed by atoms with Gasteiger partial charge in [0.1, 0.15) is 11.5 Å². The predicted molar refractivity (Wildman–Crippen MR) is 144 cm³/mol. The van der Waals surface area contributed by atoms with Crippen molar-refractivity contribution in [3.8, 4) is 17.2 Å². The van der Waals surface area contributed by atoms with Crippen LogP contribution in [0, 0.1) is 5.92 Å². The minimum atomic E-state index is -0.570. The maximum Gasteiger partial charge on any atom is 0.231 e. The number of hydrogen-bond acceptors (Lipinski definition) is 6. The van der Waals surface area contributed by atoms with Crippen molar-refractivity contribution in [1.29, 1.82) is 0 Å². The van der Waals surface area contributed by atoms with E-state index in [0.29, 0.717) is 35.2 Å². The number of rotatable bonds is 8. The van der Waals surface area contributed by atoms with Crippen LogP contribution in [0.4, 0.5) is 0 Å². The number of carbonyl (C=O) groups excluding carboxylic acids is 1. The number of methoxy groups -OCH3 is 1. The van der Waals surface area contributed by atoms with Crippen molar-refractivity contribution in [3.05, 3.63) is 112 Å². The van der Waals surface area contributed by atoms with Crippen molar-refractivity contribution in [2.24, 2.45) is 5.92 Å². The molecule has 3 aromatic carbocycles. The van der Waals surface area contributed by atoms with Crippen molar-refractivity contribution >= 4 is 17.4 Å². The maximum absolute atomic E-state index is 14.1. The van der Waals surface area contributed by atoms with Gasteiger partial charge in [-0.3, -0.25) is 4.79 Å². The van der Waals surface area contributed by atoms with Gasteiger partial charge in [-0.25, -0.2) is 0 Å². The molecule has 3 aliphatic rings. The molecule has 38 heavy (non-hydrogen) atoms. The Morgan fingerprint density at radius 3 is 2.47 bits per heavy atom. The van der Waals surface area contributed by atoms with Gasteiger partial charge in [0.2, 0.25) is 6.79 Å². The summed E-state index contributed by atoms with van der Waals surface area (Å²) in [6.45, 7) is 0.686. The van der Waals surface area contributed by atoms with Crippen molar-refractivity contribution in [3.63, 3.8) is 0 Å². The highest BCUT2D eigenvalue weighted by atomic mass is 16.7. The number of carbonyl (C=O) groups is 1. The van der Waals surface area contributed by atoms with Crippen LogP contribution in [-0.4, -0.2) is 26.5 Å². The second-order valence-corrected chi connectivity index (χ2v) is 9.29. The van der Waals surface area contributed by atoms with Crippen molar-refractivity contribution < 1.29 is 28.5 Å². The fraction of sp³-hybridized carbons (Fsp3) is 0.219. The molecule has 3 aromatic rings. The molecule has 0 spiro atoms. The largest absolute Gasteiger partial charge is 0.496 e. The predicted octanol–water partition coefficient (Wildman–Crippen LogP) is 6.57. The van der Waals surface area contributed by atoms with Crippen LogP contribution in [0.25, 0.3) is 11.6 Å². The van der Waals surface area contributed by atoms with E-state index in [4.69, 9.17) is 23.7 Å². The molecule has 1 heterocycles. The smallest absolute Gasteiger partial charge is 0.231 e. The van der Waals surface area contributed by atoms with E-state index < -0.39 is 5.92 Å². The zero-order valence-corrected chi connectivity index (χ0v) is 21.1. The first-order valence-electron chi connectivity index (χ1n) is 12.7. The Kier molecular flexibility index (Phi) is 6.71. The third-order valence-electron chi connectivity index (χ3n) is 6.98. The summed E-state index contributed by atoms with van der Waals surface area (Å²) >= 11 is 0. The summed E-state index contributed by atoms with van der Waals surface area (Å²) in [6, 6.07) is 21.4. The van der Waals surface area contributed by atoms with Crippen LogP contribution < -0.4 is 14.2 Å². The molecule has 6 nitrogen and oxygen atoms in total. The highest BCUT2D eigenvalue weighted by molar-refractivity contribution is 6.15. The minimum Gasteiger partial charge on any atom is -0.496 e. The van der Waals surface area contributed by atoms with E-state index in [2.05, 4.69) is 12.2 Å². The van der Waals surface area contributed by atoms with Gasteiger partial charge in [0, 0.05) is 22.8 Å². The number of benzene rings is 3. The lowest BCUT2D eigenvalue weighted by atomic mass is 9.74. The zero-order valence-electron chi connectivity index (χ0n) is 21.1. The topological polar surface area (TPSA) is 63.2 Å². The summed E-state index contributed by atoms with van der Waals surface area (Å²) in [5.74, 6) is 2.00. The first-order chi connectivity index (χ1) is 18.7. The number of ether oxygens (including phenoxy) is 5. The van der Waals surface area contributed by atoms with Crippen molar-refractivity contribution in [1.82, 2.24) is 0 Å². The van der Waals surface area contributed by atoms with E-state index in [9.17, 15) is 4.79 Å². The summed E-state index contributed by atoms with van der Waals surface area (Å²) in [6.07, 6.45) is 7.88. The molecule has 192 valence electrons. The highest BCUT2D eigenvalue weighted by Crippen LogP contribution is 2.48. The van der Waals surface area contributed by atoms with Crippen LogP contribution >= 0.6 is 0 Å². The van der Waals surface area contributed by atoms with Gasteiger partial charge in [-0.1, -0.05) is 60.7 Å². The normalized spacial score (nSPS) is 17.8. The Hall–Kier alpha value is -4.29. The molecule has 0 amide bonds. The number of hydrogen-bond donors (Lipinski definition) is 0. The Bertz CT molecular complexity index is 1450. The van der Waals surface area contributed by atoms with Gasteiger partial charge < -0.3 is 23.7 Å². The van der Waals surface area contributed by atoms with Crippen LogP contribution in [0.2, 0.25) is 0 Å². The first kappa shape index (κ1) is 24.1. The van der Waals surface area contributed by atoms with Gasteiger partial charge in [0.15, 0.2) is 24.1 Å². The lowest BCUT2D eigenvalue weighted by Gasteiger charge is -2.30. The molecular formula is C32H28O6. The molecule has 0 aromatic heterocycles. The first-order valence-corrected chi connectivity index (χ1v) is 12.7. The van der Waals surface area contributed by atoms with E-state index in [-0.39, 0.29) is 19.4 Å². The van der Waals surface area contributed by atoms with Crippen LogP contribution in [0.1, 0.15) is 39.9 Å². The summed E-state index contributed by atoms with van der Waals surface area (Å²) in [5, 5.41) is 0. The lowest BCUT2D eigenvalue weighted by molar-refractivity contribution is -0.0307. The third-order valence-corrected chi connectivity index (χ3v) is 6.98. The van der Waals surface area contributed by atoms with E-state index >= 15 is 0 Å². The van der Waals surface area contributed by atoms with Gasteiger partial charge >= 0.3 is 0 Å². The SMILES string of the molecule is COc1cc2c(cc1C1=Cc3ccccc3C(=O)C1C1=CCCC=C1OCOCc1ccccc1)OCO2. The third kappa shape index (κ3) is 4.59. The zero-order chi connectivity index (χ0) is 25.9. The number of allylic oxidation sites excluding steroid dienone is 4. The molecule has 1 atom stereocenters. The Morgan fingerprint density at radius 1 is 0.868 bits per heavy atom. The van der Waals surface area contributed by atoms with Gasteiger partial charge in [-0.15, -0.1) is 0 Å². The second kappa shape index (κ2) is 10.6. The summed E-state index contributed by atoms with van der Waals surface area (Å²) in [7, 11) is 1.62. The van der Waals surface area contributed by atoms with Crippen LogP contribution in [0.5, 0.6) is 17.2 Å². The lowest BCUT2D eigenvalue weighted by Crippen LogP contribution is -2.25. The number of Topliss-reactive ketones (excluding diaryl/α,β-unsaturated/α-hetero) is 1. The van der Waals surface area contributed by atoms with Gasteiger partial charge in [-0.05, 0) is 47.8 Å². The van der Waals surface area contributed by atoms with Crippen LogP contribution in [0.3, 0.4) is 0 Å². The molecule has 6 rings (SSSR count). The molecule has 0 N–H and O–H groups in total. The Balaban J connectivity index is 1.34. The molecule has 0 radical (unpaired) electrons. The molecule has 0 saturated carbocycles. The monoisotopic (exact) mass is 508 g/mol. The Labute approximate surface area is 221 Å². The van der Waals surface area contributed by atoms with E-state index in [1.165, 1.54) is 0 Å². The molecular weight excluding hydrogens is 480 g/mol. The molecule has 1 aliphatic heterocycles. The summed E-state index contributed by atoms with van der Waals surface area (Å²) < 4.78 is 28.9. The average molecular weight is 509 g/mol. The second-order valence-electron chi connectivity index (χ2n) is 9.29. The quantitative estimate of drug-likeness (QED) is 0.253. The summed E-state index contributed by atoms with van der Waals surface area (Å²) in [5.41, 5.74) is 5.09. The fourth-order valence-corrected chi connectivity index (χ4v) is 5.17. The van der Waals surface area contributed by atoms with Gasteiger partial charge in [0.05, 0.1) is 19.6 Å². The standard InChI is InChI=1S/C32H28O6/c1-34-28-17-30-29(37-20-38-30)16-25(28)26-15-22-11-5-6-12-23(22)32(33)31(26)24-13-7-8-14-27(24)36-19-35-18-21-9-3-2-4-10-21/h2-6,9-17,31H,7-8,18-20H2,1H3. The minimum absolute atomic E-state index is 0.0191. The van der Waals surface area contributed by atoms with Gasteiger partial charge in [-0.2, -0.15) is 0 Å². The van der Waals surface area contributed by atoms with Crippen molar-refractivity contribution in [2.45, 2.75) is 19.4 Å². The molecule has 0 fully saturated rings. The molecule has 6 heteroatoms. The average Bonchev–Trinajstić information content (AvgIpc) is 3.43. The molecule has 2 aliphatic carbocycles. The van der Waals surface area contributed by atoms with Crippen LogP contribution in [-0.2, 0) is 16.1 Å². The highest BCUT2D eigenvalue weighted by Gasteiger charge is 2.37. The maximum atomic E-state index is 14.1. The van der Waals surface area contributed by atoms with E-state index in [1.54, 1.807) is 7.11 Å².